The van der Waals surface area contributed by atoms with E-state index in [-0.39, 0.29) is 17.9 Å². The van der Waals surface area contributed by atoms with Gasteiger partial charge in [-0.25, -0.2) is 0 Å². The summed E-state index contributed by atoms with van der Waals surface area (Å²) in [6.45, 7) is 8.21. The number of ether oxygens (including phenoxy) is 2. The lowest BCUT2D eigenvalue weighted by molar-refractivity contribution is -0.141. The summed E-state index contributed by atoms with van der Waals surface area (Å²) < 4.78 is 11.5. The van der Waals surface area contributed by atoms with Gasteiger partial charge in [-0.15, -0.1) is 0 Å². The maximum absolute atomic E-state index is 12.7. The molecule has 0 aliphatic heterocycles. The lowest BCUT2D eigenvalue weighted by Crippen LogP contribution is -2.45. The van der Waals surface area contributed by atoms with Gasteiger partial charge >= 0.3 is 0 Å². The van der Waals surface area contributed by atoms with Gasteiger partial charge in [0.1, 0.15) is 17.4 Å². The highest BCUT2D eigenvalue weighted by Crippen LogP contribution is 2.42. The van der Waals surface area contributed by atoms with E-state index in [1.807, 2.05) is 27.7 Å². The molecule has 0 saturated heterocycles. The van der Waals surface area contributed by atoms with E-state index in [0.717, 1.165) is 19.3 Å². The van der Waals surface area contributed by atoms with Gasteiger partial charge in [-0.1, -0.05) is 6.92 Å². The lowest BCUT2D eigenvalue weighted by Gasteiger charge is -2.28. The average Bonchev–Trinajstić information content (AvgIpc) is 3.41. The maximum Gasteiger partial charge on any atom is 0.256 e. The van der Waals surface area contributed by atoms with Gasteiger partial charge in [-0.05, 0) is 58.1 Å². The number of carbonyl (C=O) groups is 1. The Labute approximate surface area is 144 Å². The number of nitrogens with one attached hydrogen (secondary N) is 1. The molecule has 1 aromatic carbocycles. The van der Waals surface area contributed by atoms with Gasteiger partial charge in [0, 0.05) is 12.7 Å². The van der Waals surface area contributed by atoms with Gasteiger partial charge in [-0.3, -0.25) is 4.79 Å². The molecule has 1 fully saturated rings. The fourth-order valence-corrected chi connectivity index (χ4v) is 2.66. The molecule has 1 aliphatic rings. The molecule has 0 radical (unpaired) electrons. The first-order chi connectivity index (χ1) is 11.4. The van der Waals surface area contributed by atoms with Crippen molar-refractivity contribution in [1.82, 2.24) is 0 Å². The molecule has 5 heteroatoms. The number of carbonyl (C=O) groups excluding carboxylic acids is 1. The second kappa shape index (κ2) is 7.67. The number of nitrogens with zero attached hydrogens (tertiary/aromatic N) is 1. The summed E-state index contributed by atoms with van der Waals surface area (Å²) in [4.78, 5) is 12.7. The van der Waals surface area contributed by atoms with Crippen LogP contribution in [0.5, 0.6) is 5.75 Å². The minimum absolute atomic E-state index is 0.0769. The van der Waals surface area contributed by atoms with Gasteiger partial charge in [-0.2, -0.15) is 5.26 Å². The smallest absolute Gasteiger partial charge is 0.256 e. The van der Waals surface area contributed by atoms with Gasteiger partial charge < -0.3 is 14.8 Å². The molecule has 2 atom stereocenters. The molecule has 0 aromatic heterocycles. The van der Waals surface area contributed by atoms with Crippen LogP contribution < -0.4 is 10.1 Å². The third-order valence-corrected chi connectivity index (χ3v) is 4.52. The first-order valence-corrected chi connectivity index (χ1v) is 8.60. The Kier molecular flexibility index (Phi) is 5.84. The average molecular weight is 330 g/mol. The SMILES string of the molecule is CCO[C@](C)(C(=O)Nc1ccc(O[C@@H](C)CC)cc1C#N)C1CC1. The molecule has 0 heterocycles. The van der Waals surface area contributed by atoms with Crippen LogP contribution in [0.3, 0.4) is 0 Å². The Balaban J connectivity index is 2.16. The Morgan fingerprint density at radius 2 is 2.17 bits per heavy atom. The minimum Gasteiger partial charge on any atom is -0.491 e. The molecule has 1 amide bonds. The van der Waals surface area contributed by atoms with Gasteiger partial charge in [0.05, 0.1) is 17.4 Å². The molecule has 0 unspecified atom stereocenters. The second-order valence-corrected chi connectivity index (χ2v) is 6.42. The third-order valence-electron chi connectivity index (χ3n) is 4.52. The fourth-order valence-electron chi connectivity index (χ4n) is 2.66. The van der Waals surface area contributed by atoms with E-state index in [1.165, 1.54) is 0 Å². The maximum atomic E-state index is 12.7. The van der Waals surface area contributed by atoms with Crippen molar-refractivity contribution in [2.75, 3.05) is 11.9 Å². The summed E-state index contributed by atoms with van der Waals surface area (Å²) in [5.74, 6) is 0.684. The van der Waals surface area contributed by atoms with Crippen LogP contribution in [0.1, 0.15) is 52.5 Å². The van der Waals surface area contributed by atoms with Gasteiger partial charge in [0.15, 0.2) is 0 Å². The Bertz CT molecular complexity index is 634. The summed E-state index contributed by atoms with van der Waals surface area (Å²) in [5.41, 5.74) is 0.0391. The van der Waals surface area contributed by atoms with E-state index in [1.54, 1.807) is 18.2 Å². The summed E-state index contributed by atoms with van der Waals surface area (Å²) in [7, 11) is 0. The van der Waals surface area contributed by atoms with Crippen molar-refractivity contribution in [2.45, 2.75) is 58.7 Å². The zero-order chi connectivity index (χ0) is 17.7. The highest BCUT2D eigenvalue weighted by molar-refractivity contribution is 5.98. The van der Waals surface area contributed by atoms with Crippen molar-refractivity contribution in [3.8, 4) is 11.8 Å². The van der Waals surface area contributed by atoms with E-state index in [4.69, 9.17) is 9.47 Å². The van der Waals surface area contributed by atoms with E-state index < -0.39 is 5.60 Å². The van der Waals surface area contributed by atoms with Crippen LogP contribution in [0.4, 0.5) is 5.69 Å². The molecule has 5 nitrogen and oxygen atoms in total. The van der Waals surface area contributed by atoms with Gasteiger partial charge in [0.25, 0.3) is 5.91 Å². The van der Waals surface area contributed by atoms with Crippen LogP contribution >= 0.6 is 0 Å². The number of hydrogen-bond acceptors (Lipinski definition) is 4. The zero-order valence-electron chi connectivity index (χ0n) is 14.9. The molecule has 1 aliphatic carbocycles. The van der Waals surface area contributed by atoms with Gasteiger partial charge in [0.2, 0.25) is 0 Å². The standard InChI is InChI=1S/C19H26N2O3/c1-5-13(3)24-16-9-10-17(14(11-16)12-20)21-18(22)19(4,23-6-2)15-7-8-15/h9-11,13,15H,5-8H2,1-4H3,(H,21,22)/t13-,19-/m0/s1. The first-order valence-electron chi connectivity index (χ1n) is 8.60. The summed E-state index contributed by atoms with van der Waals surface area (Å²) in [6.07, 6.45) is 2.95. The molecule has 0 bridgehead atoms. The monoisotopic (exact) mass is 330 g/mol. The number of amides is 1. The predicted molar refractivity (Wildman–Crippen MR) is 92.9 cm³/mol. The van der Waals surface area contributed by atoms with Crippen LogP contribution in [0.25, 0.3) is 0 Å². The second-order valence-electron chi connectivity index (χ2n) is 6.42. The zero-order valence-corrected chi connectivity index (χ0v) is 14.9. The molecular formula is C19H26N2O3. The molecule has 130 valence electrons. The minimum atomic E-state index is -0.840. The molecule has 1 aromatic rings. The Morgan fingerprint density at radius 1 is 1.46 bits per heavy atom. The van der Waals surface area contributed by atoms with Crippen molar-refractivity contribution < 1.29 is 14.3 Å². The van der Waals surface area contributed by atoms with E-state index >= 15 is 0 Å². The normalized spacial score (nSPS) is 17.5. The quantitative estimate of drug-likeness (QED) is 0.785. The topological polar surface area (TPSA) is 71.3 Å². The first kappa shape index (κ1) is 18.3. The van der Waals surface area contributed by atoms with Crippen molar-refractivity contribution in [3.05, 3.63) is 23.8 Å². The van der Waals surface area contributed by atoms with Crippen molar-refractivity contribution in [2.24, 2.45) is 5.92 Å². The summed E-state index contributed by atoms with van der Waals surface area (Å²) in [6, 6.07) is 7.28. The Hall–Kier alpha value is -2.06. The summed E-state index contributed by atoms with van der Waals surface area (Å²) >= 11 is 0. The van der Waals surface area contributed by atoms with Crippen LogP contribution in [-0.4, -0.2) is 24.2 Å². The van der Waals surface area contributed by atoms with E-state index in [0.29, 0.717) is 23.6 Å². The molecule has 0 spiro atoms. The van der Waals surface area contributed by atoms with Crippen molar-refractivity contribution in [3.63, 3.8) is 0 Å². The summed E-state index contributed by atoms with van der Waals surface area (Å²) in [5, 5.41) is 12.2. The molecule has 2 rings (SSSR count). The molecule has 24 heavy (non-hydrogen) atoms. The number of nitriles is 1. The third kappa shape index (κ3) is 4.07. The fraction of sp³-hybridized carbons (Fsp3) is 0.579. The number of hydrogen-bond donors (Lipinski definition) is 1. The highest BCUT2D eigenvalue weighted by atomic mass is 16.5. The van der Waals surface area contributed by atoms with Crippen LogP contribution in [0.15, 0.2) is 18.2 Å². The van der Waals surface area contributed by atoms with Crippen LogP contribution in [-0.2, 0) is 9.53 Å². The number of anilines is 1. The molecule has 1 N–H and O–H groups in total. The predicted octanol–water partition coefficient (Wildman–Crippen LogP) is 3.88. The Morgan fingerprint density at radius 3 is 2.71 bits per heavy atom. The highest BCUT2D eigenvalue weighted by Gasteiger charge is 2.48. The van der Waals surface area contributed by atoms with E-state index in [9.17, 15) is 10.1 Å². The largest absolute Gasteiger partial charge is 0.491 e. The van der Waals surface area contributed by atoms with Crippen LogP contribution in [0.2, 0.25) is 0 Å². The number of rotatable bonds is 8. The van der Waals surface area contributed by atoms with Crippen molar-refractivity contribution in [1.29, 1.82) is 5.26 Å². The van der Waals surface area contributed by atoms with Crippen LogP contribution in [0, 0.1) is 17.2 Å². The van der Waals surface area contributed by atoms with Crippen molar-refractivity contribution >= 4 is 11.6 Å². The van der Waals surface area contributed by atoms with E-state index in [2.05, 4.69) is 11.4 Å². The molecular weight excluding hydrogens is 304 g/mol. The molecule has 1 saturated carbocycles. The number of benzene rings is 1. The lowest BCUT2D eigenvalue weighted by atomic mass is 9.98.